The normalized spacial score (nSPS) is 19.1. The molecule has 1 aliphatic carbocycles. The Morgan fingerprint density at radius 3 is 2.53 bits per heavy atom. The molecule has 106 valence electrons. The van der Waals surface area contributed by atoms with Crippen molar-refractivity contribution in [3.8, 4) is 0 Å². The van der Waals surface area contributed by atoms with E-state index in [4.69, 9.17) is 0 Å². The van der Waals surface area contributed by atoms with Crippen molar-refractivity contribution < 1.29 is 5.11 Å². The molecular formula is C15H25N3O. The molecule has 4 nitrogen and oxygen atoms in total. The Labute approximate surface area is 116 Å². The number of aromatic nitrogens is 1. The van der Waals surface area contributed by atoms with Crippen molar-refractivity contribution in [2.75, 3.05) is 32.6 Å². The van der Waals surface area contributed by atoms with E-state index in [0.717, 1.165) is 17.9 Å². The first kappa shape index (κ1) is 14.3. The molecule has 2 rings (SSSR count). The highest BCUT2D eigenvalue weighted by molar-refractivity contribution is 5.41. The molecule has 19 heavy (non-hydrogen) atoms. The van der Waals surface area contributed by atoms with E-state index in [0.29, 0.717) is 0 Å². The van der Waals surface area contributed by atoms with Crippen molar-refractivity contribution in [1.29, 1.82) is 0 Å². The average molecular weight is 263 g/mol. The summed E-state index contributed by atoms with van der Waals surface area (Å²) in [6.07, 6.45) is 5.15. The molecule has 1 N–H and O–H groups in total. The number of aliphatic hydroxyl groups is 1. The van der Waals surface area contributed by atoms with Crippen molar-refractivity contribution in [2.24, 2.45) is 0 Å². The van der Waals surface area contributed by atoms with Gasteiger partial charge in [0.25, 0.3) is 0 Å². The lowest BCUT2D eigenvalue weighted by Crippen LogP contribution is -2.56. The van der Waals surface area contributed by atoms with E-state index in [1.807, 2.05) is 12.1 Å². The van der Waals surface area contributed by atoms with Crippen LogP contribution in [0.4, 0.5) is 5.82 Å². The van der Waals surface area contributed by atoms with Crippen molar-refractivity contribution in [3.05, 3.63) is 23.9 Å². The summed E-state index contributed by atoms with van der Waals surface area (Å²) in [6.45, 7) is 2.77. The Morgan fingerprint density at radius 2 is 2.05 bits per heavy atom. The summed E-state index contributed by atoms with van der Waals surface area (Å²) >= 11 is 0. The zero-order chi connectivity index (χ0) is 14.0. The van der Waals surface area contributed by atoms with Gasteiger partial charge < -0.3 is 14.9 Å². The van der Waals surface area contributed by atoms with Crippen LogP contribution in [0.3, 0.4) is 0 Å². The molecule has 0 unspecified atom stereocenters. The maximum Gasteiger partial charge on any atom is 0.128 e. The Kier molecular flexibility index (Phi) is 4.11. The molecule has 0 spiro atoms. The van der Waals surface area contributed by atoms with Gasteiger partial charge in [0.15, 0.2) is 0 Å². The van der Waals surface area contributed by atoms with Gasteiger partial charge in [-0.1, -0.05) is 0 Å². The highest BCUT2D eigenvalue weighted by Gasteiger charge is 2.40. The molecule has 4 heteroatoms. The van der Waals surface area contributed by atoms with Crippen LogP contribution in [-0.4, -0.2) is 48.2 Å². The first-order valence-electron chi connectivity index (χ1n) is 6.97. The number of hydrogen-bond acceptors (Lipinski definition) is 4. The largest absolute Gasteiger partial charge is 0.389 e. The minimum Gasteiger partial charge on any atom is -0.389 e. The molecule has 0 bridgehead atoms. The second-order valence-electron chi connectivity index (χ2n) is 5.95. The van der Waals surface area contributed by atoms with Crippen LogP contribution in [-0.2, 0) is 0 Å². The molecule has 1 saturated carbocycles. The first-order chi connectivity index (χ1) is 8.94. The predicted octanol–water partition coefficient (Wildman–Crippen LogP) is 2.06. The van der Waals surface area contributed by atoms with Gasteiger partial charge >= 0.3 is 0 Å². The van der Waals surface area contributed by atoms with Gasteiger partial charge in [0.2, 0.25) is 0 Å². The molecule has 0 radical (unpaired) electrons. The van der Waals surface area contributed by atoms with Crippen molar-refractivity contribution >= 4 is 5.82 Å². The molecule has 0 aliphatic heterocycles. The van der Waals surface area contributed by atoms with E-state index in [1.54, 1.807) is 13.1 Å². The highest BCUT2D eigenvalue weighted by atomic mass is 16.3. The minimum absolute atomic E-state index is 0.289. The van der Waals surface area contributed by atoms with Crippen LogP contribution in [0.1, 0.15) is 37.9 Å². The molecule has 1 atom stereocenters. The van der Waals surface area contributed by atoms with Gasteiger partial charge in [-0.25, -0.2) is 4.98 Å². The average Bonchev–Trinajstić information content (AvgIpc) is 2.33. The summed E-state index contributed by atoms with van der Waals surface area (Å²) in [5.41, 5.74) is 1.21. The fourth-order valence-corrected chi connectivity index (χ4v) is 2.76. The van der Waals surface area contributed by atoms with Gasteiger partial charge in [-0.2, -0.15) is 0 Å². The lowest BCUT2D eigenvalue weighted by Gasteiger charge is -2.49. The minimum atomic E-state index is -0.443. The van der Waals surface area contributed by atoms with Crippen LogP contribution in [0, 0.1) is 0 Å². The number of hydrogen-bond donors (Lipinski definition) is 1. The van der Waals surface area contributed by atoms with Crippen molar-refractivity contribution in [1.82, 2.24) is 9.88 Å². The van der Waals surface area contributed by atoms with Gasteiger partial charge in [0.05, 0.1) is 6.10 Å². The SMILES string of the molecule is C[C@@H](O)c1ccnc(N(C)CC2(N(C)C)CCC2)c1. The van der Waals surface area contributed by atoms with Crippen LogP contribution in [0.5, 0.6) is 0 Å². The van der Waals surface area contributed by atoms with Gasteiger partial charge in [0, 0.05) is 25.3 Å². The Balaban J connectivity index is 2.11. The van der Waals surface area contributed by atoms with Crippen LogP contribution >= 0.6 is 0 Å². The predicted molar refractivity (Wildman–Crippen MR) is 78.4 cm³/mol. The molecule has 1 fully saturated rings. The molecule has 1 heterocycles. The zero-order valence-corrected chi connectivity index (χ0v) is 12.4. The fraction of sp³-hybridized carbons (Fsp3) is 0.667. The maximum atomic E-state index is 9.65. The van der Waals surface area contributed by atoms with Crippen molar-refractivity contribution in [2.45, 2.75) is 37.8 Å². The Bertz CT molecular complexity index is 427. The summed E-state index contributed by atoms with van der Waals surface area (Å²) in [5.74, 6) is 0.937. The summed E-state index contributed by atoms with van der Waals surface area (Å²) in [4.78, 5) is 8.96. The van der Waals surface area contributed by atoms with Crippen LogP contribution < -0.4 is 4.90 Å². The number of aliphatic hydroxyl groups excluding tert-OH is 1. The van der Waals surface area contributed by atoms with Crippen molar-refractivity contribution in [3.63, 3.8) is 0 Å². The summed E-state index contributed by atoms with van der Waals surface area (Å²) in [5, 5.41) is 9.65. The third kappa shape index (κ3) is 2.90. The molecule has 1 aliphatic rings. The second-order valence-corrected chi connectivity index (χ2v) is 5.95. The Hall–Kier alpha value is -1.13. The molecule has 1 aromatic heterocycles. The van der Waals surface area contributed by atoms with E-state index in [9.17, 15) is 5.11 Å². The third-order valence-electron chi connectivity index (χ3n) is 4.41. The molecule has 0 aromatic carbocycles. The summed E-state index contributed by atoms with van der Waals surface area (Å²) in [6, 6.07) is 3.85. The molecule has 0 amide bonds. The second kappa shape index (κ2) is 5.47. The van der Waals surface area contributed by atoms with E-state index >= 15 is 0 Å². The fourth-order valence-electron chi connectivity index (χ4n) is 2.76. The number of nitrogens with zero attached hydrogens (tertiary/aromatic N) is 3. The van der Waals surface area contributed by atoms with E-state index < -0.39 is 6.10 Å². The van der Waals surface area contributed by atoms with Gasteiger partial charge in [-0.15, -0.1) is 0 Å². The summed E-state index contributed by atoms with van der Waals surface area (Å²) < 4.78 is 0. The lowest BCUT2D eigenvalue weighted by atomic mass is 9.75. The van der Waals surface area contributed by atoms with E-state index in [1.165, 1.54) is 19.3 Å². The molecular weight excluding hydrogens is 238 g/mol. The lowest BCUT2D eigenvalue weighted by molar-refractivity contribution is 0.0681. The summed E-state index contributed by atoms with van der Waals surface area (Å²) in [7, 11) is 6.40. The van der Waals surface area contributed by atoms with E-state index in [-0.39, 0.29) is 5.54 Å². The van der Waals surface area contributed by atoms with E-state index in [2.05, 4.69) is 35.9 Å². The maximum absolute atomic E-state index is 9.65. The number of anilines is 1. The van der Waals surface area contributed by atoms with Crippen LogP contribution in [0.2, 0.25) is 0 Å². The smallest absolute Gasteiger partial charge is 0.128 e. The van der Waals surface area contributed by atoms with Crippen LogP contribution in [0.25, 0.3) is 0 Å². The third-order valence-corrected chi connectivity index (χ3v) is 4.41. The molecule has 1 aromatic rings. The monoisotopic (exact) mass is 263 g/mol. The number of rotatable bonds is 5. The highest BCUT2D eigenvalue weighted by Crippen LogP contribution is 2.37. The first-order valence-corrected chi connectivity index (χ1v) is 6.97. The number of likely N-dealkylation sites (N-methyl/N-ethyl adjacent to an activating group) is 2. The standard InChI is InChI=1S/C15H25N3O/c1-12(19)13-6-9-16-14(10-13)18(4)11-15(17(2)3)7-5-8-15/h6,9-10,12,19H,5,7-8,11H2,1-4H3/t12-/m1/s1. The quantitative estimate of drug-likeness (QED) is 0.882. The molecule has 0 saturated heterocycles. The Morgan fingerprint density at radius 1 is 1.37 bits per heavy atom. The van der Waals surface area contributed by atoms with Gasteiger partial charge in [0.1, 0.15) is 5.82 Å². The van der Waals surface area contributed by atoms with Gasteiger partial charge in [-0.3, -0.25) is 0 Å². The topological polar surface area (TPSA) is 39.6 Å². The number of pyridine rings is 1. The van der Waals surface area contributed by atoms with Gasteiger partial charge in [-0.05, 0) is 58.0 Å². The zero-order valence-electron chi connectivity index (χ0n) is 12.4. The van der Waals surface area contributed by atoms with Crippen LogP contribution in [0.15, 0.2) is 18.3 Å².